The Kier molecular flexibility index (Phi) is 7.39. The number of carbonyl (C=O) groups is 2. The van der Waals surface area contributed by atoms with Crippen LogP contribution in [-0.2, 0) is 14.3 Å². The molecule has 4 saturated carbocycles. The molecule has 7 nitrogen and oxygen atoms in total. The summed E-state index contributed by atoms with van der Waals surface area (Å²) in [6.45, 7) is 8.50. The summed E-state index contributed by atoms with van der Waals surface area (Å²) in [5.41, 5.74) is -0.240. The van der Waals surface area contributed by atoms with E-state index in [-0.39, 0.29) is 65.7 Å². The van der Waals surface area contributed by atoms with Crippen molar-refractivity contribution in [3.63, 3.8) is 0 Å². The molecule has 0 saturated heterocycles. The first kappa shape index (κ1) is 25.9. The largest absolute Gasteiger partial charge is 0.516 e. The maximum Gasteiger partial charge on any atom is 0.516 e. The van der Waals surface area contributed by atoms with Gasteiger partial charge in [0.15, 0.2) is 0 Å². The zero-order valence-electron chi connectivity index (χ0n) is 21.2. The summed E-state index contributed by atoms with van der Waals surface area (Å²) in [5, 5.41) is 33.2. The van der Waals surface area contributed by atoms with E-state index in [1.807, 2.05) is 0 Å². The molecule has 0 aromatic heterocycles. The number of aliphatic hydroxyl groups is 3. The first-order chi connectivity index (χ1) is 16.0. The second-order valence-electron chi connectivity index (χ2n) is 12.2. The van der Waals surface area contributed by atoms with E-state index in [9.17, 15) is 24.9 Å². The normalized spacial score (nSPS) is 46.6. The lowest BCUT2D eigenvalue weighted by atomic mass is 9.43. The molecule has 4 aliphatic carbocycles. The molecule has 0 amide bonds. The number of hydrogen-bond donors (Lipinski definition) is 3. The molecule has 3 N–H and O–H groups in total. The van der Waals surface area contributed by atoms with Crippen LogP contribution in [0.4, 0.5) is 4.79 Å². The monoisotopic (exact) mass is 480 g/mol. The minimum Gasteiger partial charge on any atom is -0.434 e. The van der Waals surface area contributed by atoms with Crippen LogP contribution in [0.5, 0.6) is 0 Å². The highest BCUT2D eigenvalue weighted by atomic mass is 16.7. The van der Waals surface area contributed by atoms with Crippen molar-refractivity contribution in [1.29, 1.82) is 0 Å². The lowest BCUT2D eigenvalue weighted by Gasteiger charge is -2.63. The molecule has 34 heavy (non-hydrogen) atoms. The van der Waals surface area contributed by atoms with Gasteiger partial charge in [0.1, 0.15) is 0 Å². The van der Waals surface area contributed by atoms with Crippen LogP contribution >= 0.6 is 0 Å². The number of hydrogen-bond acceptors (Lipinski definition) is 7. The Labute approximate surface area is 203 Å². The SMILES string of the molecule is CCOC(=O)OC(=O)CCC(C)C1CCC2C3C(O)CC4CC(O)CCC4(C)C3CC(O)C12C. The second-order valence-corrected chi connectivity index (χ2v) is 12.2. The number of ether oxygens (including phenoxy) is 2. The summed E-state index contributed by atoms with van der Waals surface area (Å²) in [5.74, 6) is 0.867. The second kappa shape index (κ2) is 9.70. The summed E-state index contributed by atoms with van der Waals surface area (Å²) in [6, 6.07) is 0. The number of aliphatic hydroxyl groups excluding tert-OH is 3. The summed E-state index contributed by atoms with van der Waals surface area (Å²) in [7, 11) is 0. The molecule has 0 aromatic carbocycles. The highest BCUT2D eigenvalue weighted by molar-refractivity contribution is 5.81. The zero-order valence-corrected chi connectivity index (χ0v) is 21.2. The third kappa shape index (κ3) is 4.30. The molecular weight excluding hydrogens is 436 g/mol. The Balaban J connectivity index is 1.47. The fourth-order valence-corrected chi connectivity index (χ4v) is 8.97. The minimum absolute atomic E-state index is 0.0615. The number of esters is 1. The number of carbonyl (C=O) groups excluding carboxylic acids is 2. The zero-order chi connectivity index (χ0) is 24.8. The average Bonchev–Trinajstić information content (AvgIpc) is 3.13. The van der Waals surface area contributed by atoms with Crippen molar-refractivity contribution in [1.82, 2.24) is 0 Å². The fourth-order valence-electron chi connectivity index (χ4n) is 8.97. The van der Waals surface area contributed by atoms with Crippen LogP contribution in [0.25, 0.3) is 0 Å². The molecule has 0 radical (unpaired) electrons. The molecule has 0 spiro atoms. The summed E-state index contributed by atoms with van der Waals surface area (Å²) in [6.07, 6.45) is 4.61. The van der Waals surface area contributed by atoms with E-state index in [2.05, 4.69) is 25.5 Å². The molecule has 0 heterocycles. The first-order valence-electron chi connectivity index (χ1n) is 13.4. The highest BCUT2D eigenvalue weighted by Gasteiger charge is 2.65. The Morgan fingerprint density at radius 1 is 1.03 bits per heavy atom. The standard InChI is InChI=1S/C27H44O7/c1-5-33-25(32)34-23(31)9-6-15(2)18-7-8-19-24-20(14-22(30)27(18,19)4)26(3)11-10-17(28)12-16(26)13-21(24)29/h15-22,24,28-30H,5-14H2,1-4H3. The van der Waals surface area contributed by atoms with Crippen LogP contribution in [-0.4, -0.2) is 52.4 Å². The van der Waals surface area contributed by atoms with Gasteiger partial charge in [-0.1, -0.05) is 20.8 Å². The smallest absolute Gasteiger partial charge is 0.434 e. The molecule has 7 heteroatoms. The van der Waals surface area contributed by atoms with Crippen molar-refractivity contribution in [3.05, 3.63) is 0 Å². The van der Waals surface area contributed by atoms with E-state index in [0.29, 0.717) is 18.8 Å². The Bertz CT molecular complexity index is 770. The maximum absolute atomic E-state index is 12.1. The van der Waals surface area contributed by atoms with Crippen LogP contribution < -0.4 is 0 Å². The van der Waals surface area contributed by atoms with Gasteiger partial charge < -0.3 is 24.8 Å². The van der Waals surface area contributed by atoms with Gasteiger partial charge in [0.2, 0.25) is 0 Å². The quantitative estimate of drug-likeness (QED) is 0.402. The summed E-state index contributed by atoms with van der Waals surface area (Å²) < 4.78 is 9.39. The molecular formula is C27H44O7. The van der Waals surface area contributed by atoms with Gasteiger partial charge in [-0.05, 0) is 105 Å². The van der Waals surface area contributed by atoms with E-state index < -0.39 is 18.2 Å². The summed E-state index contributed by atoms with van der Waals surface area (Å²) in [4.78, 5) is 23.5. The lowest BCUT2D eigenvalue weighted by Crippen LogP contribution is -2.62. The van der Waals surface area contributed by atoms with Crippen molar-refractivity contribution >= 4 is 12.1 Å². The van der Waals surface area contributed by atoms with Crippen molar-refractivity contribution in [2.24, 2.45) is 46.3 Å². The molecule has 0 bridgehead atoms. The third-order valence-electron chi connectivity index (χ3n) is 10.8. The van der Waals surface area contributed by atoms with Crippen LogP contribution in [0.3, 0.4) is 0 Å². The van der Waals surface area contributed by atoms with E-state index >= 15 is 0 Å². The van der Waals surface area contributed by atoms with Gasteiger partial charge in [-0.3, -0.25) is 4.79 Å². The molecule has 4 aliphatic rings. The van der Waals surface area contributed by atoms with Crippen molar-refractivity contribution in [2.75, 3.05) is 6.61 Å². The molecule has 194 valence electrons. The number of fused-ring (bicyclic) bond motifs is 5. The van der Waals surface area contributed by atoms with Crippen LogP contribution in [0.2, 0.25) is 0 Å². The van der Waals surface area contributed by atoms with Gasteiger partial charge in [0.05, 0.1) is 24.9 Å². The molecule has 4 rings (SSSR count). The Morgan fingerprint density at radius 2 is 1.76 bits per heavy atom. The minimum atomic E-state index is -0.949. The lowest BCUT2D eigenvalue weighted by molar-refractivity contribution is -0.207. The van der Waals surface area contributed by atoms with Crippen molar-refractivity contribution < 1.29 is 34.4 Å². The van der Waals surface area contributed by atoms with Crippen LogP contribution in [0.1, 0.15) is 85.5 Å². The van der Waals surface area contributed by atoms with Gasteiger partial charge in [-0.2, -0.15) is 0 Å². The molecule has 0 aliphatic heterocycles. The molecule has 0 aromatic rings. The predicted octanol–water partition coefficient (Wildman–Crippen LogP) is 4.06. The van der Waals surface area contributed by atoms with Gasteiger partial charge >= 0.3 is 12.1 Å². The van der Waals surface area contributed by atoms with E-state index in [1.165, 1.54) is 0 Å². The van der Waals surface area contributed by atoms with Gasteiger partial charge in [0.25, 0.3) is 0 Å². The first-order valence-corrected chi connectivity index (χ1v) is 13.4. The predicted molar refractivity (Wildman–Crippen MR) is 126 cm³/mol. The molecule has 11 atom stereocenters. The maximum atomic E-state index is 12.1. The van der Waals surface area contributed by atoms with E-state index in [1.54, 1.807) is 6.92 Å². The Morgan fingerprint density at radius 3 is 2.47 bits per heavy atom. The van der Waals surface area contributed by atoms with Crippen molar-refractivity contribution in [3.8, 4) is 0 Å². The van der Waals surface area contributed by atoms with Crippen LogP contribution in [0, 0.1) is 46.3 Å². The van der Waals surface area contributed by atoms with Gasteiger partial charge in [-0.15, -0.1) is 0 Å². The van der Waals surface area contributed by atoms with E-state index in [4.69, 9.17) is 4.74 Å². The molecule has 11 unspecified atom stereocenters. The van der Waals surface area contributed by atoms with E-state index in [0.717, 1.165) is 38.5 Å². The molecule has 4 fully saturated rings. The highest BCUT2D eigenvalue weighted by Crippen LogP contribution is 2.68. The Hall–Kier alpha value is -1.18. The topological polar surface area (TPSA) is 113 Å². The summed E-state index contributed by atoms with van der Waals surface area (Å²) >= 11 is 0. The van der Waals surface area contributed by atoms with Gasteiger partial charge in [-0.25, -0.2) is 4.79 Å². The third-order valence-corrected chi connectivity index (χ3v) is 10.8. The van der Waals surface area contributed by atoms with Crippen LogP contribution in [0.15, 0.2) is 0 Å². The van der Waals surface area contributed by atoms with Gasteiger partial charge in [0, 0.05) is 6.42 Å². The van der Waals surface area contributed by atoms with Crippen molar-refractivity contribution in [2.45, 2.75) is 104 Å². The number of rotatable bonds is 5. The fraction of sp³-hybridized carbons (Fsp3) is 0.926. The average molecular weight is 481 g/mol.